The molecule has 0 aliphatic heterocycles. The fourth-order valence-electron chi connectivity index (χ4n) is 1.68. The van der Waals surface area contributed by atoms with Crippen LogP contribution in [0.4, 0.5) is 0 Å². The summed E-state index contributed by atoms with van der Waals surface area (Å²) < 4.78 is 0.935. The van der Waals surface area contributed by atoms with Crippen molar-refractivity contribution in [1.82, 2.24) is 10.2 Å². The SMILES string of the molecule is Cc1cccc(C(=O)N(C)CC(=O)NCC(C)C)c1I. The smallest absolute Gasteiger partial charge is 0.255 e. The molecule has 0 bridgehead atoms. The summed E-state index contributed by atoms with van der Waals surface area (Å²) in [7, 11) is 1.65. The monoisotopic (exact) mass is 388 g/mol. The summed E-state index contributed by atoms with van der Waals surface area (Å²) in [5.41, 5.74) is 1.71. The van der Waals surface area contributed by atoms with Gasteiger partial charge in [-0.15, -0.1) is 0 Å². The minimum absolute atomic E-state index is 0.0789. The van der Waals surface area contributed by atoms with Gasteiger partial charge in [-0.05, 0) is 47.1 Å². The Bertz CT molecular complexity index is 501. The second-order valence-corrected chi connectivity index (χ2v) is 6.37. The molecule has 20 heavy (non-hydrogen) atoms. The first-order valence-electron chi connectivity index (χ1n) is 6.60. The molecule has 0 spiro atoms. The first-order chi connectivity index (χ1) is 9.32. The van der Waals surface area contributed by atoms with Crippen LogP contribution in [0.15, 0.2) is 18.2 Å². The van der Waals surface area contributed by atoms with Crippen LogP contribution in [0.5, 0.6) is 0 Å². The minimum atomic E-state index is -0.128. The van der Waals surface area contributed by atoms with Gasteiger partial charge in [0.25, 0.3) is 5.91 Å². The number of aryl methyl sites for hydroxylation is 1. The van der Waals surface area contributed by atoms with Crippen LogP contribution in [0.2, 0.25) is 0 Å². The molecule has 1 aromatic rings. The highest BCUT2D eigenvalue weighted by atomic mass is 127. The first-order valence-corrected chi connectivity index (χ1v) is 7.68. The Morgan fingerprint density at radius 2 is 2.00 bits per heavy atom. The number of benzene rings is 1. The summed E-state index contributed by atoms with van der Waals surface area (Å²) in [5, 5.41) is 2.81. The van der Waals surface area contributed by atoms with Gasteiger partial charge in [-0.3, -0.25) is 9.59 Å². The van der Waals surface area contributed by atoms with Crippen molar-refractivity contribution in [1.29, 1.82) is 0 Å². The molecule has 1 N–H and O–H groups in total. The Morgan fingerprint density at radius 3 is 2.60 bits per heavy atom. The Morgan fingerprint density at radius 1 is 1.35 bits per heavy atom. The van der Waals surface area contributed by atoms with Gasteiger partial charge in [-0.2, -0.15) is 0 Å². The lowest BCUT2D eigenvalue weighted by atomic mass is 10.1. The standard InChI is InChI=1S/C15H21IN2O2/c1-10(2)8-17-13(19)9-18(4)15(20)12-7-5-6-11(3)14(12)16/h5-7,10H,8-9H2,1-4H3,(H,17,19). The van der Waals surface area contributed by atoms with Crippen molar-refractivity contribution in [2.75, 3.05) is 20.1 Å². The second-order valence-electron chi connectivity index (χ2n) is 5.30. The molecule has 1 rings (SSSR count). The molecule has 4 nitrogen and oxygen atoms in total. The number of amides is 2. The fourth-order valence-corrected chi connectivity index (χ4v) is 2.27. The van der Waals surface area contributed by atoms with Gasteiger partial charge in [0.15, 0.2) is 0 Å². The molecule has 0 aliphatic rings. The van der Waals surface area contributed by atoms with E-state index >= 15 is 0 Å². The van der Waals surface area contributed by atoms with Crippen LogP contribution in [0.25, 0.3) is 0 Å². The zero-order valence-electron chi connectivity index (χ0n) is 12.4. The molecule has 0 saturated heterocycles. The van der Waals surface area contributed by atoms with Crippen molar-refractivity contribution in [2.45, 2.75) is 20.8 Å². The number of halogens is 1. The molecule has 0 aromatic heterocycles. The predicted molar refractivity (Wildman–Crippen MR) is 88.7 cm³/mol. The van der Waals surface area contributed by atoms with Crippen LogP contribution >= 0.6 is 22.6 Å². The van der Waals surface area contributed by atoms with E-state index in [4.69, 9.17) is 0 Å². The summed E-state index contributed by atoms with van der Waals surface area (Å²) in [6.07, 6.45) is 0. The van der Waals surface area contributed by atoms with E-state index in [0.717, 1.165) is 9.13 Å². The zero-order valence-corrected chi connectivity index (χ0v) is 14.5. The van der Waals surface area contributed by atoms with E-state index in [2.05, 4.69) is 27.9 Å². The molecule has 0 radical (unpaired) electrons. The van der Waals surface area contributed by atoms with Crippen molar-refractivity contribution in [3.8, 4) is 0 Å². The Labute approximate surface area is 134 Å². The summed E-state index contributed by atoms with van der Waals surface area (Å²) in [4.78, 5) is 25.5. The van der Waals surface area contributed by atoms with Crippen LogP contribution in [-0.4, -0.2) is 36.9 Å². The Balaban J connectivity index is 2.67. The highest BCUT2D eigenvalue weighted by Crippen LogP contribution is 2.17. The second kappa shape index (κ2) is 7.61. The quantitative estimate of drug-likeness (QED) is 0.788. The van der Waals surface area contributed by atoms with Gasteiger partial charge in [0.05, 0.1) is 12.1 Å². The van der Waals surface area contributed by atoms with Gasteiger partial charge in [-0.25, -0.2) is 0 Å². The molecule has 0 unspecified atom stereocenters. The van der Waals surface area contributed by atoms with Crippen molar-refractivity contribution in [3.63, 3.8) is 0 Å². The molecule has 5 heteroatoms. The van der Waals surface area contributed by atoms with E-state index in [1.54, 1.807) is 13.1 Å². The maximum Gasteiger partial charge on any atom is 0.255 e. The minimum Gasteiger partial charge on any atom is -0.354 e. The maximum atomic E-state index is 12.3. The third-order valence-corrected chi connectivity index (χ3v) is 4.29. The number of carbonyl (C=O) groups is 2. The van der Waals surface area contributed by atoms with Gasteiger partial charge in [0.2, 0.25) is 5.91 Å². The van der Waals surface area contributed by atoms with Gasteiger partial charge in [0.1, 0.15) is 0 Å². The average molecular weight is 388 g/mol. The van der Waals surface area contributed by atoms with Crippen LogP contribution in [-0.2, 0) is 4.79 Å². The molecule has 0 aliphatic carbocycles. The fraction of sp³-hybridized carbons (Fsp3) is 0.467. The summed E-state index contributed by atoms with van der Waals surface area (Å²) >= 11 is 2.16. The summed E-state index contributed by atoms with van der Waals surface area (Å²) in [6.45, 7) is 6.74. The van der Waals surface area contributed by atoms with Crippen LogP contribution in [0, 0.1) is 16.4 Å². The largest absolute Gasteiger partial charge is 0.354 e. The zero-order chi connectivity index (χ0) is 15.3. The molecular weight excluding hydrogens is 367 g/mol. The summed E-state index contributed by atoms with van der Waals surface area (Å²) in [6, 6.07) is 5.62. The van der Waals surface area contributed by atoms with Crippen molar-refractivity contribution in [2.24, 2.45) is 5.92 Å². The van der Waals surface area contributed by atoms with Crippen LogP contribution in [0.1, 0.15) is 29.8 Å². The normalized spacial score (nSPS) is 10.5. The van der Waals surface area contributed by atoms with Crippen molar-refractivity contribution < 1.29 is 9.59 Å². The number of hydrogen-bond donors (Lipinski definition) is 1. The van der Waals surface area contributed by atoms with E-state index in [0.29, 0.717) is 18.0 Å². The van der Waals surface area contributed by atoms with Crippen molar-refractivity contribution >= 4 is 34.4 Å². The number of nitrogens with one attached hydrogen (secondary N) is 1. The van der Waals surface area contributed by atoms with Crippen LogP contribution < -0.4 is 5.32 Å². The van der Waals surface area contributed by atoms with E-state index in [1.165, 1.54) is 4.90 Å². The third-order valence-electron chi connectivity index (χ3n) is 2.86. The van der Waals surface area contributed by atoms with E-state index in [9.17, 15) is 9.59 Å². The Hall–Kier alpha value is -1.11. The number of hydrogen-bond acceptors (Lipinski definition) is 2. The lowest BCUT2D eigenvalue weighted by Gasteiger charge is -2.18. The molecular formula is C15H21IN2O2. The highest BCUT2D eigenvalue weighted by molar-refractivity contribution is 14.1. The molecule has 0 fully saturated rings. The number of rotatable bonds is 5. The van der Waals surface area contributed by atoms with Gasteiger partial charge in [0, 0.05) is 17.2 Å². The van der Waals surface area contributed by atoms with Gasteiger partial charge < -0.3 is 10.2 Å². The molecule has 0 heterocycles. The summed E-state index contributed by atoms with van der Waals surface area (Å²) in [5.74, 6) is 0.146. The number of carbonyl (C=O) groups excluding carboxylic acids is 2. The van der Waals surface area contributed by atoms with E-state index < -0.39 is 0 Å². The molecule has 0 atom stereocenters. The lowest BCUT2D eigenvalue weighted by molar-refractivity contribution is -0.121. The molecule has 0 saturated carbocycles. The van der Waals surface area contributed by atoms with Gasteiger partial charge in [-0.1, -0.05) is 26.0 Å². The number of nitrogens with zero attached hydrogens (tertiary/aromatic N) is 1. The average Bonchev–Trinajstić information content (AvgIpc) is 2.38. The first kappa shape index (κ1) is 16.9. The van der Waals surface area contributed by atoms with Crippen molar-refractivity contribution in [3.05, 3.63) is 32.9 Å². The van der Waals surface area contributed by atoms with Crippen LogP contribution in [0.3, 0.4) is 0 Å². The third kappa shape index (κ3) is 4.77. The maximum absolute atomic E-state index is 12.3. The van der Waals surface area contributed by atoms with E-state index in [1.807, 2.05) is 32.9 Å². The predicted octanol–water partition coefficient (Wildman–Crippen LogP) is 2.44. The molecule has 2 amide bonds. The number of likely N-dealkylation sites (N-methyl/N-ethyl adjacent to an activating group) is 1. The molecule has 110 valence electrons. The van der Waals surface area contributed by atoms with E-state index in [-0.39, 0.29) is 18.4 Å². The van der Waals surface area contributed by atoms with Gasteiger partial charge >= 0.3 is 0 Å². The highest BCUT2D eigenvalue weighted by Gasteiger charge is 2.17. The Kier molecular flexibility index (Phi) is 6.45. The molecule has 1 aromatic carbocycles. The topological polar surface area (TPSA) is 49.4 Å². The lowest BCUT2D eigenvalue weighted by Crippen LogP contribution is -2.39.